The number of ether oxygens (including phenoxy) is 1. The topological polar surface area (TPSA) is 41.5 Å². The van der Waals surface area contributed by atoms with Gasteiger partial charge in [-0.25, -0.2) is 0 Å². The van der Waals surface area contributed by atoms with E-state index in [0.717, 1.165) is 12.2 Å². The summed E-state index contributed by atoms with van der Waals surface area (Å²) in [4.78, 5) is 0. The molecular weight excluding hydrogens is 262 g/mol. The molecule has 1 saturated carbocycles. The minimum absolute atomic E-state index is 0.339. The number of rotatable bonds is 7. The Morgan fingerprint density at radius 1 is 1.33 bits per heavy atom. The third-order valence-electron chi connectivity index (χ3n) is 4.63. The summed E-state index contributed by atoms with van der Waals surface area (Å²) in [6.07, 6.45) is 4.32. The van der Waals surface area contributed by atoms with Gasteiger partial charge in [0, 0.05) is 12.6 Å². The first-order valence-corrected chi connectivity index (χ1v) is 8.14. The van der Waals surface area contributed by atoms with Crippen LogP contribution in [-0.4, -0.2) is 30.4 Å². The van der Waals surface area contributed by atoms with Gasteiger partial charge in [0.2, 0.25) is 0 Å². The molecule has 2 unspecified atom stereocenters. The molecule has 118 valence electrons. The van der Waals surface area contributed by atoms with E-state index >= 15 is 0 Å². The summed E-state index contributed by atoms with van der Waals surface area (Å²) < 4.78 is 5.64. The maximum atomic E-state index is 10.1. The van der Waals surface area contributed by atoms with Gasteiger partial charge in [-0.15, -0.1) is 0 Å². The zero-order chi connectivity index (χ0) is 15.3. The number of aliphatic hydroxyl groups excluding tert-OH is 1. The monoisotopic (exact) mass is 291 g/mol. The van der Waals surface area contributed by atoms with E-state index in [2.05, 4.69) is 38.2 Å². The number of aliphatic hydroxyl groups is 1. The Bertz CT molecular complexity index is 427. The molecule has 2 atom stereocenters. The van der Waals surface area contributed by atoms with Gasteiger partial charge in [0.1, 0.15) is 18.5 Å². The Morgan fingerprint density at radius 3 is 2.62 bits per heavy atom. The molecule has 1 aromatic carbocycles. The summed E-state index contributed by atoms with van der Waals surface area (Å²) in [6.45, 7) is 7.67. The van der Waals surface area contributed by atoms with Crippen LogP contribution in [0.15, 0.2) is 24.3 Å². The van der Waals surface area contributed by atoms with Gasteiger partial charge >= 0.3 is 0 Å². The van der Waals surface area contributed by atoms with Crippen molar-refractivity contribution in [2.75, 3.05) is 13.2 Å². The van der Waals surface area contributed by atoms with Crippen molar-refractivity contribution in [1.82, 2.24) is 5.32 Å². The Hall–Kier alpha value is -1.06. The maximum absolute atomic E-state index is 10.1. The third kappa shape index (κ3) is 4.72. The van der Waals surface area contributed by atoms with Crippen LogP contribution in [0, 0.1) is 5.41 Å². The van der Waals surface area contributed by atoms with Gasteiger partial charge in [-0.3, -0.25) is 0 Å². The summed E-state index contributed by atoms with van der Waals surface area (Å²) in [5, 5.41) is 13.6. The van der Waals surface area contributed by atoms with Crippen LogP contribution in [-0.2, 0) is 6.42 Å². The largest absolute Gasteiger partial charge is 0.491 e. The summed E-state index contributed by atoms with van der Waals surface area (Å²) in [5.41, 5.74) is 1.64. The molecule has 0 amide bonds. The Morgan fingerprint density at radius 2 is 2.05 bits per heavy atom. The molecule has 0 bridgehead atoms. The lowest BCUT2D eigenvalue weighted by molar-refractivity contribution is 0.0986. The molecule has 0 radical (unpaired) electrons. The van der Waals surface area contributed by atoms with E-state index in [-0.39, 0.29) is 0 Å². The van der Waals surface area contributed by atoms with Gasteiger partial charge in [0.15, 0.2) is 0 Å². The normalized spacial score (nSPS) is 22.2. The van der Waals surface area contributed by atoms with Crippen LogP contribution in [0.4, 0.5) is 0 Å². The second-order valence-corrected chi connectivity index (χ2v) is 6.80. The maximum Gasteiger partial charge on any atom is 0.119 e. The zero-order valence-electron chi connectivity index (χ0n) is 13.6. The lowest BCUT2D eigenvalue weighted by atomic mass is 9.87. The molecular formula is C18H29NO2. The summed E-state index contributed by atoms with van der Waals surface area (Å²) >= 11 is 0. The minimum atomic E-state index is -0.466. The quantitative estimate of drug-likeness (QED) is 0.811. The standard InChI is InChI=1S/C18H29NO2/c1-4-14-7-9-16(10-8-14)21-13-15(20)12-19-17-6-5-11-18(17,2)3/h7-10,15,17,19-20H,4-6,11-13H2,1-3H3. The van der Waals surface area contributed by atoms with Gasteiger partial charge in [0.05, 0.1) is 0 Å². The molecule has 2 rings (SSSR count). The third-order valence-corrected chi connectivity index (χ3v) is 4.63. The molecule has 0 spiro atoms. The minimum Gasteiger partial charge on any atom is -0.491 e. The number of nitrogens with one attached hydrogen (secondary N) is 1. The Labute approximate surface area is 128 Å². The molecule has 3 nitrogen and oxygen atoms in total. The fraction of sp³-hybridized carbons (Fsp3) is 0.667. The van der Waals surface area contributed by atoms with E-state index < -0.39 is 6.10 Å². The second-order valence-electron chi connectivity index (χ2n) is 6.80. The highest BCUT2D eigenvalue weighted by Gasteiger charge is 2.34. The highest BCUT2D eigenvalue weighted by Crippen LogP contribution is 2.37. The number of aryl methyl sites for hydroxylation is 1. The molecule has 21 heavy (non-hydrogen) atoms. The fourth-order valence-electron chi connectivity index (χ4n) is 3.06. The van der Waals surface area contributed by atoms with Crippen molar-refractivity contribution in [3.8, 4) is 5.75 Å². The molecule has 1 aromatic rings. The summed E-state index contributed by atoms with van der Waals surface area (Å²) in [6, 6.07) is 8.59. The molecule has 1 aliphatic rings. The summed E-state index contributed by atoms with van der Waals surface area (Å²) in [7, 11) is 0. The molecule has 0 aliphatic heterocycles. The Kier molecular flexibility index (Phi) is 5.65. The van der Waals surface area contributed by atoms with Crippen LogP contribution in [0.5, 0.6) is 5.75 Å². The van der Waals surface area contributed by atoms with Crippen molar-refractivity contribution in [1.29, 1.82) is 0 Å². The lowest BCUT2D eigenvalue weighted by Gasteiger charge is -2.28. The average Bonchev–Trinajstić information content (AvgIpc) is 2.82. The van der Waals surface area contributed by atoms with E-state index in [1.54, 1.807) is 0 Å². The molecule has 1 aliphatic carbocycles. The number of benzene rings is 1. The van der Waals surface area contributed by atoms with Gasteiger partial charge in [-0.2, -0.15) is 0 Å². The highest BCUT2D eigenvalue weighted by molar-refractivity contribution is 5.27. The van der Waals surface area contributed by atoms with Crippen molar-refractivity contribution in [3.05, 3.63) is 29.8 Å². The van der Waals surface area contributed by atoms with E-state index in [1.165, 1.54) is 24.8 Å². The van der Waals surface area contributed by atoms with E-state index in [9.17, 15) is 5.11 Å². The van der Waals surface area contributed by atoms with Crippen molar-refractivity contribution in [2.45, 2.75) is 58.6 Å². The highest BCUT2D eigenvalue weighted by atomic mass is 16.5. The van der Waals surface area contributed by atoms with E-state index in [1.807, 2.05) is 12.1 Å². The molecule has 0 saturated heterocycles. The van der Waals surface area contributed by atoms with Crippen LogP contribution < -0.4 is 10.1 Å². The molecule has 0 aromatic heterocycles. The predicted octanol–water partition coefficient (Wildman–Crippen LogP) is 3.16. The first-order chi connectivity index (χ1) is 10.0. The van der Waals surface area contributed by atoms with Gasteiger partial charge in [-0.1, -0.05) is 39.3 Å². The van der Waals surface area contributed by atoms with Crippen molar-refractivity contribution < 1.29 is 9.84 Å². The summed E-state index contributed by atoms with van der Waals surface area (Å²) in [5.74, 6) is 0.826. The van der Waals surface area contributed by atoms with Gasteiger partial charge in [0.25, 0.3) is 0 Å². The van der Waals surface area contributed by atoms with E-state index in [4.69, 9.17) is 4.74 Å². The second kappa shape index (κ2) is 7.28. The first kappa shape index (κ1) is 16.3. The molecule has 2 N–H and O–H groups in total. The molecule has 1 fully saturated rings. The van der Waals surface area contributed by atoms with Crippen LogP contribution in [0.2, 0.25) is 0 Å². The SMILES string of the molecule is CCc1ccc(OCC(O)CNC2CCCC2(C)C)cc1. The van der Waals surface area contributed by atoms with Crippen LogP contribution in [0.1, 0.15) is 45.6 Å². The van der Waals surface area contributed by atoms with Crippen molar-refractivity contribution >= 4 is 0 Å². The first-order valence-electron chi connectivity index (χ1n) is 8.14. The van der Waals surface area contributed by atoms with Crippen LogP contribution >= 0.6 is 0 Å². The Balaban J connectivity index is 1.70. The fourth-order valence-corrected chi connectivity index (χ4v) is 3.06. The van der Waals surface area contributed by atoms with Gasteiger partial charge in [-0.05, 0) is 42.4 Å². The molecule has 3 heteroatoms. The number of hydrogen-bond donors (Lipinski definition) is 2. The van der Waals surface area contributed by atoms with Crippen LogP contribution in [0.3, 0.4) is 0 Å². The predicted molar refractivity (Wildman–Crippen MR) is 86.7 cm³/mol. The van der Waals surface area contributed by atoms with E-state index in [0.29, 0.717) is 24.6 Å². The number of hydrogen-bond acceptors (Lipinski definition) is 3. The van der Waals surface area contributed by atoms with Gasteiger partial charge < -0.3 is 15.2 Å². The average molecular weight is 291 g/mol. The lowest BCUT2D eigenvalue weighted by Crippen LogP contribution is -2.43. The van der Waals surface area contributed by atoms with Crippen LogP contribution in [0.25, 0.3) is 0 Å². The molecule has 0 heterocycles. The smallest absolute Gasteiger partial charge is 0.119 e. The van der Waals surface area contributed by atoms with Crippen molar-refractivity contribution in [3.63, 3.8) is 0 Å². The van der Waals surface area contributed by atoms with Crippen molar-refractivity contribution in [2.24, 2.45) is 5.41 Å². The zero-order valence-corrected chi connectivity index (χ0v) is 13.6.